The first kappa shape index (κ1) is 23.4. The predicted octanol–water partition coefficient (Wildman–Crippen LogP) is 5.80. The fraction of sp³-hybridized carbons (Fsp3) is 0.621. The number of carboxylic acids is 1. The molecule has 0 spiro atoms. The lowest BCUT2D eigenvalue weighted by Crippen LogP contribution is -2.51. The van der Waals surface area contributed by atoms with Crippen LogP contribution in [0.4, 0.5) is 5.82 Å². The van der Waals surface area contributed by atoms with E-state index >= 15 is 0 Å². The fourth-order valence-corrected chi connectivity index (χ4v) is 8.13. The third-order valence-electron chi connectivity index (χ3n) is 9.43. The fourth-order valence-electron chi connectivity index (χ4n) is 8.13. The minimum atomic E-state index is -0.961. The molecule has 8 rings (SSSR count). The second-order valence-electron chi connectivity index (χ2n) is 12.1. The van der Waals surface area contributed by atoms with Crippen molar-refractivity contribution in [2.45, 2.75) is 88.8 Å². The van der Waals surface area contributed by atoms with E-state index in [-0.39, 0.29) is 17.9 Å². The highest BCUT2D eigenvalue weighted by Gasteiger charge is 2.51. The van der Waals surface area contributed by atoms with Crippen LogP contribution in [0.25, 0.3) is 0 Å². The van der Waals surface area contributed by atoms with Crippen molar-refractivity contribution in [1.29, 1.82) is 0 Å². The van der Waals surface area contributed by atoms with Gasteiger partial charge in [-0.3, -0.25) is 0 Å². The first-order valence-corrected chi connectivity index (χ1v) is 14.1. The molecule has 196 valence electrons. The average molecular weight is 505 g/mol. The van der Waals surface area contributed by atoms with Crippen molar-refractivity contribution in [3.05, 3.63) is 46.9 Å². The van der Waals surface area contributed by atoms with Crippen molar-refractivity contribution in [3.63, 3.8) is 0 Å². The molecule has 4 bridgehead atoms. The lowest BCUT2D eigenvalue weighted by atomic mass is 9.54. The Balaban J connectivity index is 1.19. The van der Waals surface area contributed by atoms with Crippen LogP contribution in [-0.2, 0) is 16.2 Å². The maximum Gasteiger partial charge on any atom is 0.335 e. The molecule has 0 saturated heterocycles. The van der Waals surface area contributed by atoms with Gasteiger partial charge in [0, 0.05) is 11.5 Å². The molecule has 8 nitrogen and oxygen atoms in total. The van der Waals surface area contributed by atoms with Gasteiger partial charge in [-0.15, -0.1) is 0 Å². The molecule has 0 amide bonds. The van der Waals surface area contributed by atoms with Gasteiger partial charge in [-0.25, -0.2) is 19.6 Å². The molecule has 1 aromatic carbocycles. The number of hydrogen-bond donors (Lipinski definition) is 2. The number of aromatic nitrogens is 2. The maximum absolute atomic E-state index is 11.6. The molecule has 2 aromatic rings. The van der Waals surface area contributed by atoms with Crippen LogP contribution in [0.1, 0.15) is 104 Å². The summed E-state index contributed by atoms with van der Waals surface area (Å²) in [5, 5.41) is 11.2. The number of aromatic amines is 1. The Morgan fingerprint density at radius 3 is 2.54 bits per heavy atom. The Hall–Kier alpha value is -2.71. The quantitative estimate of drug-likeness (QED) is 0.495. The SMILES string of the molecule is O=C(O)c1cccc(C2=NCON2c2nc(C3CCCCC3)[nH]c2COC23CC4CC(CC(C4)C2)C3)c1. The highest BCUT2D eigenvalue weighted by Crippen LogP contribution is 2.57. The summed E-state index contributed by atoms with van der Waals surface area (Å²) in [4.78, 5) is 30.9. The van der Waals surface area contributed by atoms with Gasteiger partial charge in [0.25, 0.3) is 0 Å². The predicted molar refractivity (Wildman–Crippen MR) is 138 cm³/mol. The molecule has 37 heavy (non-hydrogen) atoms. The van der Waals surface area contributed by atoms with Gasteiger partial charge < -0.3 is 14.8 Å². The molecule has 8 heteroatoms. The van der Waals surface area contributed by atoms with Crippen molar-refractivity contribution < 1.29 is 19.5 Å². The molecule has 5 aliphatic carbocycles. The van der Waals surface area contributed by atoms with Gasteiger partial charge in [-0.1, -0.05) is 31.4 Å². The molecule has 0 unspecified atom stereocenters. The van der Waals surface area contributed by atoms with Gasteiger partial charge in [0.05, 0.1) is 23.5 Å². The Labute approximate surface area is 217 Å². The number of nitrogens with zero attached hydrogens (tertiary/aromatic N) is 3. The summed E-state index contributed by atoms with van der Waals surface area (Å²) in [5.41, 5.74) is 1.86. The maximum atomic E-state index is 11.6. The van der Waals surface area contributed by atoms with Crippen LogP contribution in [0.2, 0.25) is 0 Å². The highest BCUT2D eigenvalue weighted by molar-refractivity contribution is 6.10. The van der Waals surface area contributed by atoms with Crippen LogP contribution in [0, 0.1) is 17.8 Å². The number of imidazole rings is 1. The zero-order valence-electron chi connectivity index (χ0n) is 21.3. The molecule has 2 N–H and O–H groups in total. The number of nitrogens with one attached hydrogen (secondary N) is 1. The first-order chi connectivity index (χ1) is 18.1. The van der Waals surface area contributed by atoms with E-state index in [0.717, 1.165) is 42.1 Å². The third-order valence-corrected chi connectivity index (χ3v) is 9.43. The molecular weight excluding hydrogens is 468 g/mol. The lowest BCUT2D eigenvalue weighted by molar-refractivity contribution is -0.169. The van der Waals surface area contributed by atoms with Crippen molar-refractivity contribution in [2.75, 3.05) is 11.8 Å². The third kappa shape index (κ3) is 4.38. The number of aromatic carboxylic acids is 1. The number of ether oxygens (including phenoxy) is 1. The Morgan fingerprint density at radius 1 is 1.11 bits per heavy atom. The number of benzene rings is 1. The minimum absolute atomic E-state index is 0.000731. The minimum Gasteiger partial charge on any atom is -0.478 e. The number of hydrogen-bond acceptors (Lipinski definition) is 6. The second-order valence-corrected chi connectivity index (χ2v) is 12.1. The van der Waals surface area contributed by atoms with Crippen molar-refractivity contribution in [1.82, 2.24) is 9.97 Å². The van der Waals surface area contributed by atoms with Crippen molar-refractivity contribution >= 4 is 17.6 Å². The first-order valence-electron chi connectivity index (χ1n) is 14.1. The van der Waals surface area contributed by atoms with Gasteiger partial charge in [0.15, 0.2) is 18.4 Å². The zero-order valence-corrected chi connectivity index (χ0v) is 21.3. The summed E-state index contributed by atoms with van der Waals surface area (Å²) in [6.45, 7) is 0.650. The van der Waals surface area contributed by atoms with E-state index in [1.54, 1.807) is 23.3 Å². The van der Waals surface area contributed by atoms with Crippen molar-refractivity contribution in [2.24, 2.45) is 22.7 Å². The van der Waals surface area contributed by atoms with Crippen LogP contribution in [0.15, 0.2) is 29.3 Å². The Bertz CT molecular complexity index is 1180. The van der Waals surface area contributed by atoms with Crippen LogP contribution in [-0.4, -0.2) is 39.2 Å². The van der Waals surface area contributed by atoms with Gasteiger partial charge in [0.2, 0.25) is 0 Å². The van der Waals surface area contributed by atoms with E-state index in [1.165, 1.54) is 57.8 Å². The normalized spacial score (nSPS) is 31.2. The number of carboxylic acid groups (broad SMARTS) is 1. The molecule has 0 atom stereocenters. The molecule has 2 heterocycles. The largest absolute Gasteiger partial charge is 0.478 e. The van der Waals surface area contributed by atoms with E-state index in [1.807, 2.05) is 6.07 Å². The van der Waals surface area contributed by atoms with Gasteiger partial charge >= 0.3 is 5.97 Å². The van der Waals surface area contributed by atoms with Gasteiger partial charge in [-0.2, -0.15) is 5.06 Å². The second kappa shape index (κ2) is 9.24. The summed E-state index contributed by atoms with van der Waals surface area (Å²) in [5.74, 6) is 4.22. The summed E-state index contributed by atoms with van der Waals surface area (Å²) in [6, 6.07) is 6.84. The molecule has 5 saturated carbocycles. The smallest absolute Gasteiger partial charge is 0.335 e. The van der Waals surface area contributed by atoms with Crippen LogP contribution >= 0.6 is 0 Å². The monoisotopic (exact) mass is 504 g/mol. The highest BCUT2D eigenvalue weighted by atomic mass is 16.7. The van der Waals surface area contributed by atoms with Crippen LogP contribution < -0.4 is 5.06 Å². The summed E-state index contributed by atoms with van der Waals surface area (Å²) < 4.78 is 6.85. The molecule has 0 radical (unpaired) electrons. The lowest BCUT2D eigenvalue weighted by Gasteiger charge is -2.56. The molecule has 1 aliphatic heterocycles. The van der Waals surface area contributed by atoms with Crippen LogP contribution in [0.5, 0.6) is 0 Å². The number of aliphatic imine (C=N–C) groups is 1. The zero-order chi connectivity index (χ0) is 25.0. The van der Waals surface area contributed by atoms with E-state index < -0.39 is 5.97 Å². The number of rotatable bonds is 7. The summed E-state index contributed by atoms with van der Waals surface area (Å²) in [6.07, 6.45) is 13.8. The van der Waals surface area contributed by atoms with E-state index in [4.69, 9.17) is 14.6 Å². The molecule has 5 fully saturated rings. The number of H-pyrrole nitrogens is 1. The summed E-state index contributed by atoms with van der Waals surface area (Å²) >= 11 is 0. The van der Waals surface area contributed by atoms with E-state index in [0.29, 0.717) is 29.7 Å². The Kier molecular flexibility index (Phi) is 5.85. The standard InChI is InChI=1S/C29H36N4O4/c34-28(35)23-8-4-7-22(12-23)26-30-17-37-33(26)27-24(31-25(32-27)21-5-2-1-3-6-21)16-36-29-13-18-9-19(14-29)11-20(10-18)15-29/h4,7-8,12,18-21H,1-3,5-6,9-11,13-17H2,(H,31,32)(H,34,35). The summed E-state index contributed by atoms with van der Waals surface area (Å²) in [7, 11) is 0. The van der Waals surface area contributed by atoms with Gasteiger partial charge in [-0.05, 0) is 81.3 Å². The van der Waals surface area contributed by atoms with Crippen molar-refractivity contribution in [3.8, 4) is 0 Å². The van der Waals surface area contributed by atoms with E-state index in [9.17, 15) is 9.90 Å². The number of carbonyl (C=O) groups is 1. The Morgan fingerprint density at radius 2 is 1.84 bits per heavy atom. The molecule has 1 aromatic heterocycles. The average Bonchev–Trinajstić information content (AvgIpc) is 3.55. The molecule has 6 aliphatic rings. The molecular formula is C29H36N4O4. The number of anilines is 1. The van der Waals surface area contributed by atoms with Gasteiger partial charge in [0.1, 0.15) is 5.82 Å². The van der Waals surface area contributed by atoms with E-state index in [2.05, 4.69) is 9.98 Å². The number of amidine groups is 1. The number of hydroxylamine groups is 1. The topological polar surface area (TPSA) is 100 Å². The van der Waals surface area contributed by atoms with Crippen LogP contribution in [0.3, 0.4) is 0 Å².